The van der Waals surface area contributed by atoms with Crippen molar-refractivity contribution in [2.24, 2.45) is 0 Å². The lowest BCUT2D eigenvalue weighted by Crippen LogP contribution is -2.39. The fourth-order valence-corrected chi connectivity index (χ4v) is 4.02. The third kappa shape index (κ3) is 4.93. The van der Waals surface area contributed by atoms with Gasteiger partial charge in [-0.25, -0.2) is 0 Å². The number of likely N-dealkylation sites (tertiary alicyclic amines) is 1. The molecule has 1 heterocycles. The number of benzene rings is 2. The third-order valence-corrected chi connectivity index (χ3v) is 5.78. The zero-order valence-corrected chi connectivity index (χ0v) is 16.3. The summed E-state index contributed by atoms with van der Waals surface area (Å²) in [4.78, 5) is 15.6. The van der Waals surface area contributed by atoms with Gasteiger partial charge < -0.3 is 0 Å². The van der Waals surface area contributed by atoms with Crippen LogP contribution in [0.2, 0.25) is 0 Å². The van der Waals surface area contributed by atoms with E-state index in [0.717, 1.165) is 38.2 Å². The smallest absolute Gasteiger partial charge is 0.269 e. The van der Waals surface area contributed by atoms with Crippen molar-refractivity contribution in [1.82, 2.24) is 9.80 Å². The minimum absolute atomic E-state index is 0.160. The fourth-order valence-electron chi connectivity index (χ4n) is 4.02. The first-order valence-electron chi connectivity index (χ1n) is 9.85. The predicted octanol–water partition coefficient (Wildman–Crippen LogP) is 4.29. The molecule has 0 radical (unpaired) electrons. The molecule has 2 aromatic rings. The number of nitro groups is 1. The highest BCUT2D eigenvalue weighted by atomic mass is 16.6. The van der Waals surface area contributed by atoms with Crippen LogP contribution in [0.5, 0.6) is 0 Å². The van der Waals surface area contributed by atoms with Crippen LogP contribution in [0.15, 0.2) is 54.6 Å². The van der Waals surface area contributed by atoms with E-state index < -0.39 is 0 Å². The van der Waals surface area contributed by atoms with Gasteiger partial charge in [0, 0.05) is 43.9 Å². The monoisotopic (exact) mass is 367 g/mol. The Balaban J connectivity index is 1.54. The van der Waals surface area contributed by atoms with Gasteiger partial charge in [0.2, 0.25) is 0 Å². The van der Waals surface area contributed by atoms with E-state index in [4.69, 9.17) is 0 Å². The van der Waals surface area contributed by atoms with Crippen LogP contribution in [0.3, 0.4) is 0 Å². The maximum absolute atomic E-state index is 10.8. The van der Waals surface area contributed by atoms with Crippen molar-refractivity contribution >= 4 is 5.69 Å². The number of hydrogen-bond acceptors (Lipinski definition) is 4. The summed E-state index contributed by atoms with van der Waals surface area (Å²) in [6, 6.07) is 18.7. The Morgan fingerprint density at radius 2 is 1.89 bits per heavy atom. The van der Waals surface area contributed by atoms with Crippen LogP contribution in [0.4, 0.5) is 5.69 Å². The number of hydrogen-bond donors (Lipinski definition) is 0. The number of rotatable bonds is 8. The SMILES string of the molecule is CCN(CCc1ccc([N+](=O)[O-])cc1)C1CCN(C(C)c2ccccc2)C1. The van der Waals surface area contributed by atoms with Crippen molar-refractivity contribution in [3.8, 4) is 0 Å². The Hall–Kier alpha value is -2.24. The fraction of sp³-hybridized carbons (Fsp3) is 0.455. The predicted molar refractivity (Wildman–Crippen MR) is 109 cm³/mol. The second-order valence-corrected chi connectivity index (χ2v) is 7.33. The van der Waals surface area contributed by atoms with Crippen LogP contribution in [0.25, 0.3) is 0 Å². The quantitative estimate of drug-likeness (QED) is 0.516. The summed E-state index contributed by atoms with van der Waals surface area (Å²) in [5.41, 5.74) is 2.70. The number of nitrogens with zero attached hydrogens (tertiary/aromatic N) is 3. The molecular formula is C22H29N3O2. The molecule has 1 aliphatic rings. The Morgan fingerprint density at radius 1 is 1.19 bits per heavy atom. The topological polar surface area (TPSA) is 49.6 Å². The van der Waals surface area contributed by atoms with E-state index in [0.29, 0.717) is 12.1 Å². The van der Waals surface area contributed by atoms with Gasteiger partial charge in [-0.3, -0.25) is 19.9 Å². The number of non-ortho nitro benzene ring substituents is 1. The Kier molecular flexibility index (Phi) is 6.58. The molecule has 2 unspecified atom stereocenters. The Bertz CT molecular complexity index is 733. The largest absolute Gasteiger partial charge is 0.299 e. The summed E-state index contributed by atoms with van der Waals surface area (Å²) in [5.74, 6) is 0. The summed E-state index contributed by atoms with van der Waals surface area (Å²) in [7, 11) is 0. The normalized spacial score (nSPS) is 18.7. The molecule has 0 spiro atoms. The van der Waals surface area contributed by atoms with Crippen LogP contribution in [-0.2, 0) is 6.42 Å². The Labute approximate surface area is 161 Å². The van der Waals surface area contributed by atoms with E-state index in [1.807, 2.05) is 12.1 Å². The highest BCUT2D eigenvalue weighted by Gasteiger charge is 2.29. The second-order valence-electron chi connectivity index (χ2n) is 7.33. The maximum atomic E-state index is 10.8. The highest BCUT2D eigenvalue weighted by Crippen LogP contribution is 2.26. The van der Waals surface area contributed by atoms with E-state index >= 15 is 0 Å². The molecule has 144 valence electrons. The van der Waals surface area contributed by atoms with Gasteiger partial charge in [-0.05, 0) is 37.4 Å². The van der Waals surface area contributed by atoms with Crippen molar-refractivity contribution in [3.05, 3.63) is 75.8 Å². The summed E-state index contributed by atoms with van der Waals surface area (Å²) >= 11 is 0. The van der Waals surface area contributed by atoms with E-state index in [1.165, 1.54) is 12.0 Å². The van der Waals surface area contributed by atoms with Gasteiger partial charge in [-0.1, -0.05) is 49.4 Å². The van der Waals surface area contributed by atoms with Crippen LogP contribution in [-0.4, -0.2) is 46.9 Å². The zero-order valence-electron chi connectivity index (χ0n) is 16.3. The van der Waals surface area contributed by atoms with Crippen LogP contribution < -0.4 is 0 Å². The number of nitro benzene ring substituents is 1. The van der Waals surface area contributed by atoms with E-state index in [9.17, 15) is 10.1 Å². The molecule has 0 amide bonds. The molecule has 0 aliphatic carbocycles. The molecular weight excluding hydrogens is 338 g/mol. The molecule has 3 rings (SSSR count). The van der Waals surface area contributed by atoms with Crippen LogP contribution in [0, 0.1) is 10.1 Å². The standard InChI is InChI=1S/C22H29N3O2/c1-3-23(15-13-19-9-11-21(12-10-19)25(26)27)22-14-16-24(17-22)18(2)20-7-5-4-6-8-20/h4-12,18,22H,3,13-17H2,1-2H3. The van der Waals surface area contributed by atoms with Crippen molar-refractivity contribution in [2.75, 3.05) is 26.2 Å². The van der Waals surface area contributed by atoms with Crippen molar-refractivity contribution < 1.29 is 4.92 Å². The van der Waals surface area contributed by atoms with Crippen molar-refractivity contribution in [3.63, 3.8) is 0 Å². The first-order valence-corrected chi connectivity index (χ1v) is 9.85. The zero-order chi connectivity index (χ0) is 19.2. The minimum atomic E-state index is -0.344. The molecule has 1 fully saturated rings. The van der Waals surface area contributed by atoms with Crippen LogP contribution >= 0.6 is 0 Å². The van der Waals surface area contributed by atoms with Crippen molar-refractivity contribution in [1.29, 1.82) is 0 Å². The first-order chi connectivity index (χ1) is 13.1. The van der Waals surface area contributed by atoms with Crippen LogP contribution in [0.1, 0.15) is 37.4 Å². The lowest BCUT2D eigenvalue weighted by molar-refractivity contribution is -0.384. The second kappa shape index (κ2) is 9.11. The lowest BCUT2D eigenvalue weighted by Gasteiger charge is -2.29. The molecule has 0 bridgehead atoms. The van der Waals surface area contributed by atoms with E-state index in [2.05, 4.69) is 54.0 Å². The molecule has 2 aromatic carbocycles. The third-order valence-electron chi connectivity index (χ3n) is 5.78. The minimum Gasteiger partial charge on any atom is -0.299 e. The average molecular weight is 367 g/mol. The maximum Gasteiger partial charge on any atom is 0.269 e. The van der Waals surface area contributed by atoms with Gasteiger partial charge in [0.05, 0.1) is 4.92 Å². The first kappa shape index (κ1) is 19.5. The summed E-state index contributed by atoms with van der Waals surface area (Å²) < 4.78 is 0. The molecule has 5 heteroatoms. The Morgan fingerprint density at radius 3 is 2.52 bits per heavy atom. The number of likely N-dealkylation sites (N-methyl/N-ethyl adjacent to an activating group) is 1. The molecule has 1 aliphatic heterocycles. The van der Waals surface area contributed by atoms with E-state index in [1.54, 1.807) is 12.1 Å². The van der Waals surface area contributed by atoms with Gasteiger partial charge in [-0.2, -0.15) is 0 Å². The van der Waals surface area contributed by atoms with Gasteiger partial charge in [0.25, 0.3) is 5.69 Å². The molecule has 0 saturated carbocycles. The van der Waals surface area contributed by atoms with Gasteiger partial charge in [0.15, 0.2) is 0 Å². The molecule has 2 atom stereocenters. The van der Waals surface area contributed by atoms with Gasteiger partial charge >= 0.3 is 0 Å². The molecule has 0 aromatic heterocycles. The molecule has 5 nitrogen and oxygen atoms in total. The molecule has 27 heavy (non-hydrogen) atoms. The summed E-state index contributed by atoms with van der Waals surface area (Å²) in [6.07, 6.45) is 2.13. The molecule has 0 N–H and O–H groups in total. The van der Waals surface area contributed by atoms with Crippen molar-refractivity contribution in [2.45, 2.75) is 38.8 Å². The summed E-state index contributed by atoms with van der Waals surface area (Å²) in [5, 5.41) is 10.8. The summed E-state index contributed by atoms with van der Waals surface area (Å²) in [6.45, 7) is 8.78. The van der Waals surface area contributed by atoms with E-state index in [-0.39, 0.29) is 10.6 Å². The molecule has 1 saturated heterocycles. The average Bonchev–Trinajstić information content (AvgIpc) is 3.19. The lowest BCUT2D eigenvalue weighted by atomic mass is 10.1. The highest BCUT2D eigenvalue weighted by molar-refractivity contribution is 5.33. The van der Waals surface area contributed by atoms with Gasteiger partial charge in [0.1, 0.15) is 0 Å². The van der Waals surface area contributed by atoms with Gasteiger partial charge in [-0.15, -0.1) is 0 Å².